The molecule has 0 atom stereocenters. The molecule has 4 aromatic heterocycles. The molecular formula is C30H28N6. The summed E-state index contributed by atoms with van der Waals surface area (Å²) in [7, 11) is 0. The summed E-state index contributed by atoms with van der Waals surface area (Å²) in [6, 6.07) is 28.7. The molecule has 6 nitrogen and oxygen atoms in total. The first-order valence-electron chi connectivity index (χ1n) is 12.6. The van der Waals surface area contributed by atoms with E-state index in [4.69, 9.17) is 9.97 Å². The molecule has 178 valence electrons. The minimum Gasteiger partial charge on any atom is -0.323 e. The highest BCUT2D eigenvalue weighted by atomic mass is 15.1. The van der Waals surface area contributed by atoms with Gasteiger partial charge in [0.25, 0.3) is 0 Å². The van der Waals surface area contributed by atoms with E-state index in [0.29, 0.717) is 0 Å². The van der Waals surface area contributed by atoms with Crippen LogP contribution in [0.4, 0.5) is 0 Å². The number of hydrogen-bond donors (Lipinski definition) is 0. The van der Waals surface area contributed by atoms with E-state index in [1.165, 1.54) is 11.0 Å². The normalized spacial score (nSPS) is 11.4. The lowest BCUT2D eigenvalue weighted by Crippen LogP contribution is -2.03. The molecule has 4 heterocycles. The van der Waals surface area contributed by atoms with Crippen molar-refractivity contribution in [2.24, 2.45) is 0 Å². The molecule has 6 heteroatoms. The van der Waals surface area contributed by atoms with Gasteiger partial charge in [-0.1, -0.05) is 49.2 Å². The summed E-state index contributed by atoms with van der Waals surface area (Å²) in [5.74, 6) is 1.89. The van der Waals surface area contributed by atoms with Crippen LogP contribution in [0.25, 0.3) is 45.1 Å². The fraction of sp³-hybridized carbons (Fsp3) is 0.200. The van der Waals surface area contributed by atoms with Gasteiger partial charge >= 0.3 is 0 Å². The minimum absolute atomic E-state index is 0.919. The maximum Gasteiger partial charge on any atom is 0.159 e. The molecule has 0 N–H and O–H groups in total. The highest BCUT2D eigenvalue weighted by Crippen LogP contribution is 2.26. The predicted octanol–water partition coefficient (Wildman–Crippen LogP) is 6.77. The number of fused-ring (bicyclic) bond motifs is 2. The molecule has 0 radical (unpaired) electrons. The van der Waals surface area contributed by atoms with Gasteiger partial charge < -0.3 is 9.13 Å². The molecule has 0 amide bonds. The van der Waals surface area contributed by atoms with E-state index in [-0.39, 0.29) is 0 Å². The fourth-order valence-corrected chi connectivity index (χ4v) is 4.88. The third-order valence-electron chi connectivity index (χ3n) is 6.61. The maximum absolute atomic E-state index is 4.88. The van der Waals surface area contributed by atoms with Crippen molar-refractivity contribution in [3.8, 4) is 23.0 Å². The number of rotatable bonds is 9. The molecule has 0 aliphatic heterocycles. The summed E-state index contributed by atoms with van der Waals surface area (Å²) in [6.45, 7) is 1.86. The van der Waals surface area contributed by atoms with Gasteiger partial charge in [-0.3, -0.25) is 9.97 Å². The molecule has 2 aromatic carbocycles. The Bertz CT molecular complexity index is 1460. The van der Waals surface area contributed by atoms with Gasteiger partial charge in [0, 0.05) is 25.5 Å². The number of para-hydroxylation sites is 4. The Labute approximate surface area is 210 Å². The van der Waals surface area contributed by atoms with E-state index in [9.17, 15) is 0 Å². The van der Waals surface area contributed by atoms with Gasteiger partial charge in [0.2, 0.25) is 0 Å². The molecule has 6 rings (SSSR count). The van der Waals surface area contributed by atoms with Crippen molar-refractivity contribution in [3.63, 3.8) is 0 Å². The third kappa shape index (κ3) is 4.38. The number of nitrogens with zero attached hydrogens (tertiary/aromatic N) is 6. The highest BCUT2D eigenvalue weighted by Gasteiger charge is 2.14. The standard InChI is InChI=1S/C30H28N6/c1(11-21-35-27-17-5-3-13-23(27)33-29(35)25-15-7-9-19-31-25)2-12-22-36-28-18-6-4-14-24(28)34-30(36)26-16-8-10-20-32-26/h3-10,13-20H,1-2,11-12,21-22H2. The summed E-state index contributed by atoms with van der Waals surface area (Å²) >= 11 is 0. The summed E-state index contributed by atoms with van der Waals surface area (Å²) < 4.78 is 4.64. The lowest BCUT2D eigenvalue weighted by Gasteiger charge is -2.10. The molecule has 0 aliphatic rings. The van der Waals surface area contributed by atoms with Crippen LogP contribution < -0.4 is 0 Å². The molecule has 0 saturated heterocycles. The Morgan fingerprint density at radius 3 is 1.36 bits per heavy atom. The first-order valence-corrected chi connectivity index (χ1v) is 12.6. The van der Waals surface area contributed by atoms with Gasteiger partial charge in [-0.15, -0.1) is 0 Å². The molecule has 0 unspecified atom stereocenters. The number of aryl methyl sites for hydroxylation is 2. The van der Waals surface area contributed by atoms with Gasteiger partial charge in [-0.2, -0.15) is 0 Å². The second-order valence-electron chi connectivity index (χ2n) is 9.00. The number of unbranched alkanes of at least 4 members (excludes halogenated alkanes) is 3. The van der Waals surface area contributed by atoms with E-state index in [0.717, 1.165) is 72.8 Å². The molecule has 36 heavy (non-hydrogen) atoms. The molecule has 0 saturated carbocycles. The van der Waals surface area contributed by atoms with Crippen molar-refractivity contribution < 1.29 is 0 Å². The Kier molecular flexibility index (Phi) is 6.23. The topological polar surface area (TPSA) is 61.4 Å². The summed E-state index contributed by atoms with van der Waals surface area (Å²) in [4.78, 5) is 18.9. The predicted molar refractivity (Wildman–Crippen MR) is 144 cm³/mol. The number of imidazole rings is 2. The van der Waals surface area contributed by atoms with Crippen LogP contribution in [0.1, 0.15) is 25.7 Å². The summed E-state index contributed by atoms with van der Waals surface area (Å²) in [5, 5.41) is 0. The molecular weight excluding hydrogens is 444 g/mol. The first-order chi connectivity index (χ1) is 17.9. The average molecular weight is 473 g/mol. The lowest BCUT2D eigenvalue weighted by atomic mass is 10.2. The third-order valence-corrected chi connectivity index (χ3v) is 6.61. The zero-order chi connectivity index (χ0) is 24.2. The van der Waals surface area contributed by atoms with Gasteiger partial charge in [-0.05, 0) is 61.4 Å². The van der Waals surface area contributed by atoms with Crippen LogP contribution >= 0.6 is 0 Å². The molecule has 0 bridgehead atoms. The van der Waals surface area contributed by atoms with Crippen LogP contribution in [-0.2, 0) is 13.1 Å². The minimum atomic E-state index is 0.919. The van der Waals surface area contributed by atoms with Crippen molar-refractivity contribution in [3.05, 3.63) is 97.3 Å². The second kappa shape index (κ2) is 10.1. The van der Waals surface area contributed by atoms with Gasteiger partial charge in [-0.25, -0.2) is 9.97 Å². The van der Waals surface area contributed by atoms with Gasteiger partial charge in [0.15, 0.2) is 11.6 Å². The van der Waals surface area contributed by atoms with Crippen LogP contribution in [-0.4, -0.2) is 29.1 Å². The van der Waals surface area contributed by atoms with E-state index < -0.39 is 0 Å². The number of benzene rings is 2. The van der Waals surface area contributed by atoms with E-state index in [1.807, 2.05) is 60.9 Å². The number of hydrogen-bond acceptors (Lipinski definition) is 4. The van der Waals surface area contributed by atoms with Crippen LogP contribution in [0.15, 0.2) is 97.3 Å². The van der Waals surface area contributed by atoms with Crippen molar-refractivity contribution in [1.82, 2.24) is 29.1 Å². The zero-order valence-corrected chi connectivity index (χ0v) is 20.2. The molecule has 0 fully saturated rings. The maximum atomic E-state index is 4.88. The van der Waals surface area contributed by atoms with Crippen molar-refractivity contribution in [2.45, 2.75) is 38.8 Å². The van der Waals surface area contributed by atoms with Crippen molar-refractivity contribution >= 4 is 22.1 Å². The van der Waals surface area contributed by atoms with Crippen molar-refractivity contribution in [2.75, 3.05) is 0 Å². The van der Waals surface area contributed by atoms with E-state index >= 15 is 0 Å². The smallest absolute Gasteiger partial charge is 0.159 e. The number of pyridine rings is 2. The molecule has 6 aromatic rings. The molecule has 0 aliphatic carbocycles. The largest absolute Gasteiger partial charge is 0.323 e. The SMILES string of the molecule is c1ccc(-c2nc3ccccc3n2CCCCCCn2c(-c3ccccn3)nc3ccccc32)nc1. The van der Waals surface area contributed by atoms with E-state index in [2.05, 4.69) is 55.5 Å². The Balaban J connectivity index is 1.13. The van der Waals surface area contributed by atoms with Crippen molar-refractivity contribution in [1.29, 1.82) is 0 Å². The number of aromatic nitrogens is 6. The Hall–Kier alpha value is -4.32. The van der Waals surface area contributed by atoms with Crippen LogP contribution in [0, 0.1) is 0 Å². The van der Waals surface area contributed by atoms with Crippen LogP contribution in [0.2, 0.25) is 0 Å². The second-order valence-corrected chi connectivity index (χ2v) is 9.00. The van der Waals surface area contributed by atoms with Crippen LogP contribution in [0.3, 0.4) is 0 Å². The monoisotopic (exact) mass is 472 g/mol. The van der Waals surface area contributed by atoms with Gasteiger partial charge in [0.05, 0.1) is 22.1 Å². The van der Waals surface area contributed by atoms with Crippen LogP contribution in [0.5, 0.6) is 0 Å². The first kappa shape index (κ1) is 22.2. The average Bonchev–Trinajstić information content (AvgIpc) is 3.50. The lowest BCUT2D eigenvalue weighted by molar-refractivity contribution is 0.551. The Morgan fingerprint density at radius 2 is 0.917 bits per heavy atom. The summed E-state index contributed by atoms with van der Waals surface area (Å²) in [6.07, 6.45) is 8.16. The highest BCUT2D eigenvalue weighted by molar-refractivity contribution is 5.80. The Morgan fingerprint density at radius 1 is 0.472 bits per heavy atom. The summed E-state index contributed by atoms with van der Waals surface area (Å²) in [5.41, 5.74) is 6.22. The fourth-order valence-electron chi connectivity index (χ4n) is 4.88. The van der Waals surface area contributed by atoms with E-state index in [1.54, 1.807) is 0 Å². The zero-order valence-electron chi connectivity index (χ0n) is 20.2. The van der Waals surface area contributed by atoms with Gasteiger partial charge in [0.1, 0.15) is 11.4 Å². The quantitative estimate of drug-likeness (QED) is 0.218. The molecule has 0 spiro atoms.